The van der Waals surface area contributed by atoms with E-state index >= 15 is 0 Å². The second-order valence-corrected chi connectivity index (χ2v) is 4.85. The van der Waals surface area contributed by atoms with E-state index in [0.29, 0.717) is 12.2 Å². The van der Waals surface area contributed by atoms with E-state index in [9.17, 15) is 4.79 Å². The van der Waals surface area contributed by atoms with Gasteiger partial charge < -0.3 is 20.5 Å². The number of nitrogens with two attached hydrogens (primary N) is 1. The first-order valence-corrected chi connectivity index (χ1v) is 7.23. The molecule has 2 aromatic rings. The fourth-order valence-corrected chi connectivity index (χ4v) is 1.99. The molecular formula is C18H20N2O3. The highest BCUT2D eigenvalue weighted by Crippen LogP contribution is 2.22. The molecule has 0 saturated carbocycles. The lowest BCUT2D eigenvalue weighted by Crippen LogP contribution is -2.24. The van der Waals surface area contributed by atoms with Gasteiger partial charge in [-0.1, -0.05) is 42.5 Å². The second-order valence-electron chi connectivity index (χ2n) is 4.85. The van der Waals surface area contributed by atoms with Crippen molar-refractivity contribution in [2.24, 2.45) is 0 Å². The van der Waals surface area contributed by atoms with Crippen molar-refractivity contribution in [1.82, 2.24) is 5.32 Å². The van der Waals surface area contributed by atoms with Gasteiger partial charge in [0.2, 0.25) is 0 Å². The molecule has 0 saturated heterocycles. The minimum absolute atomic E-state index is 0.249. The molecule has 0 atom stereocenters. The summed E-state index contributed by atoms with van der Waals surface area (Å²) in [5.41, 5.74) is 8.20. The van der Waals surface area contributed by atoms with Gasteiger partial charge in [0.15, 0.2) is 0 Å². The first-order chi connectivity index (χ1) is 11.2. The van der Waals surface area contributed by atoms with Crippen LogP contribution in [0.1, 0.15) is 11.1 Å². The van der Waals surface area contributed by atoms with Gasteiger partial charge in [-0.3, -0.25) is 0 Å². The molecule has 5 nitrogen and oxygen atoms in total. The predicted molar refractivity (Wildman–Crippen MR) is 91.1 cm³/mol. The predicted octanol–water partition coefficient (Wildman–Crippen LogP) is 3.22. The van der Waals surface area contributed by atoms with Crippen molar-refractivity contribution in [2.75, 3.05) is 19.4 Å². The molecule has 0 heterocycles. The van der Waals surface area contributed by atoms with Crippen molar-refractivity contribution in [3.05, 3.63) is 65.7 Å². The molecule has 0 aliphatic carbocycles. The molecule has 0 aromatic heterocycles. The summed E-state index contributed by atoms with van der Waals surface area (Å²) in [6.45, 7) is 0.602. The molecule has 0 bridgehead atoms. The number of amides is 1. The lowest BCUT2D eigenvalue weighted by Gasteiger charge is -2.06. The Morgan fingerprint density at radius 1 is 1.22 bits per heavy atom. The Bertz CT molecular complexity index is 669. The van der Waals surface area contributed by atoms with Crippen LogP contribution in [0.3, 0.4) is 0 Å². The van der Waals surface area contributed by atoms with E-state index < -0.39 is 6.09 Å². The third kappa shape index (κ3) is 5.39. The molecule has 3 N–H and O–H groups in total. The Balaban J connectivity index is 1.78. The first kappa shape index (κ1) is 16.4. The zero-order valence-electron chi connectivity index (χ0n) is 13.0. The van der Waals surface area contributed by atoms with Crippen molar-refractivity contribution in [3.63, 3.8) is 0 Å². The zero-order chi connectivity index (χ0) is 16.5. The third-order valence-corrected chi connectivity index (χ3v) is 3.13. The monoisotopic (exact) mass is 312 g/mol. The van der Waals surface area contributed by atoms with Crippen LogP contribution in [0.25, 0.3) is 6.08 Å². The van der Waals surface area contributed by atoms with Gasteiger partial charge in [-0.15, -0.1) is 0 Å². The summed E-state index contributed by atoms with van der Waals surface area (Å²) in [6, 6.07) is 14.9. The standard InChI is InChI=1S/C18H20N2O3/c1-22-17-10-9-16(19)12-15(17)8-5-11-20-18(21)23-13-14-6-3-2-4-7-14/h2-10,12H,11,13,19H2,1H3,(H,20,21). The topological polar surface area (TPSA) is 73.6 Å². The number of nitrogen functional groups attached to an aromatic ring is 1. The lowest BCUT2D eigenvalue weighted by atomic mass is 10.1. The second kappa shape index (κ2) is 8.48. The molecule has 0 spiro atoms. The van der Waals surface area contributed by atoms with Gasteiger partial charge in [0.25, 0.3) is 0 Å². The Morgan fingerprint density at radius 2 is 2.00 bits per heavy atom. The number of benzene rings is 2. The normalized spacial score (nSPS) is 10.5. The number of alkyl carbamates (subject to hydrolysis) is 1. The van der Waals surface area contributed by atoms with Crippen LogP contribution in [0.4, 0.5) is 10.5 Å². The maximum Gasteiger partial charge on any atom is 0.407 e. The van der Waals surface area contributed by atoms with E-state index in [1.807, 2.05) is 42.5 Å². The highest BCUT2D eigenvalue weighted by atomic mass is 16.5. The molecule has 2 aromatic carbocycles. The van der Waals surface area contributed by atoms with Gasteiger partial charge in [0.05, 0.1) is 7.11 Å². The summed E-state index contributed by atoms with van der Waals surface area (Å²) >= 11 is 0. The highest BCUT2D eigenvalue weighted by Gasteiger charge is 2.01. The molecule has 5 heteroatoms. The minimum Gasteiger partial charge on any atom is -0.496 e. The van der Waals surface area contributed by atoms with E-state index in [0.717, 1.165) is 16.9 Å². The van der Waals surface area contributed by atoms with Gasteiger partial charge in [-0.05, 0) is 23.8 Å². The molecule has 120 valence electrons. The van der Waals surface area contributed by atoms with Crippen LogP contribution in [0.15, 0.2) is 54.6 Å². The largest absolute Gasteiger partial charge is 0.496 e. The molecule has 2 rings (SSSR count). The fourth-order valence-electron chi connectivity index (χ4n) is 1.99. The van der Waals surface area contributed by atoms with Crippen molar-refractivity contribution < 1.29 is 14.3 Å². The molecule has 23 heavy (non-hydrogen) atoms. The minimum atomic E-state index is -0.460. The summed E-state index contributed by atoms with van der Waals surface area (Å²) in [5.74, 6) is 0.724. The van der Waals surface area contributed by atoms with Crippen molar-refractivity contribution in [2.45, 2.75) is 6.61 Å². The number of hydrogen-bond acceptors (Lipinski definition) is 4. The Hall–Kier alpha value is -2.95. The number of nitrogens with one attached hydrogen (secondary N) is 1. The van der Waals surface area contributed by atoms with Crippen LogP contribution in [0, 0.1) is 0 Å². The van der Waals surface area contributed by atoms with Crippen molar-refractivity contribution in [1.29, 1.82) is 0 Å². The van der Waals surface area contributed by atoms with Gasteiger partial charge in [-0.2, -0.15) is 0 Å². The third-order valence-electron chi connectivity index (χ3n) is 3.13. The summed E-state index contributed by atoms with van der Waals surface area (Å²) in [6.07, 6.45) is 3.19. The number of ether oxygens (including phenoxy) is 2. The number of anilines is 1. The van der Waals surface area contributed by atoms with Crippen LogP contribution in [-0.4, -0.2) is 19.7 Å². The molecule has 0 aliphatic rings. The maximum absolute atomic E-state index is 11.6. The quantitative estimate of drug-likeness (QED) is 0.803. The molecule has 0 radical (unpaired) electrons. The van der Waals surface area contributed by atoms with Gasteiger partial charge >= 0.3 is 6.09 Å². The molecule has 1 amide bonds. The van der Waals surface area contributed by atoms with Gasteiger partial charge in [0.1, 0.15) is 12.4 Å². The molecule has 0 aliphatic heterocycles. The molecular weight excluding hydrogens is 292 g/mol. The number of rotatable bonds is 6. The van der Waals surface area contributed by atoms with Crippen LogP contribution in [-0.2, 0) is 11.3 Å². The summed E-state index contributed by atoms with van der Waals surface area (Å²) < 4.78 is 10.4. The van der Waals surface area contributed by atoms with Crippen LogP contribution >= 0.6 is 0 Å². The lowest BCUT2D eigenvalue weighted by molar-refractivity contribution is 0.141. The van der Waals surface area contributed by atoms with Gasteiger partial charge in [-0.25, -0.2) is 4.79 Å². The van der Waals surface area contributed by atoms with Crippen LogP contribution < -0.4 is 15.8 Å². The molecule has 0 unspecified atom stereocenters. The summed E-state index contributed by atoms with van der Waals surface area (Å²) in [4.78, 5) is 11.6. The highest BCUT2D eigenvalue weighted by molar-refractivity contribution is 5.68. The smallest absolute Gasteiger partial charge is 0.407 e. The van der Waals surface area contributed by atoms with E-state index in [1.165, 1.54) is 0 Å². The number of methoxy groups -OCH3 is 1. The van der Waals surface area contributed by atoms with Crippen LogP contribution in [0.2, 0.25) is 0 Å². The molecule has 0 fully saturated rings. The Kier molecular flexibility index (Phi) is 6.06. The number of hydrogen-bond donors (Lipinski definition) is 2. The number of carbonyl (C=O) groups is 1. The average Bonchev–Trinajstić information content (AvgIpc) is 2.58. The summed E-state index contributed by atoms with van der Waals surface area (Å²) in [7, 11) is 1.60. The van der Waals surface area contributed by atoms with E-state index in [2.05, 4.69) is 5.32 Å². The van der Waals surface area contributed by atoms with E-state index in [-0.39, 0.29) is 6.61 Å². The van der Waals surface area contributed by atoms with Crippen LogP contribution in [0.5, 0.6) is 5.75 Å². The van der Waals surface area contributed by atoms with E-state index in [4.69, 9.17) is 15.2 Å². The Morgan fingerprint density at radius 3 is 2.74 bits per heavy atom. The Labute approximate surface area is 135 Å². The van der Waals surface area contributed by atoms with Gasteiger partial charge in [0, 0.05) is 17.8 Å². The average molecular weight is 312 g/mol. The SMILES string of the molecule is COc1ccc(N)cc1C=CCNC(=O)OCc1ccccc1. The zero-order valence-corrected chi connectivity index (χ0v) is 13.0. The summed E-state index contributed by atoms with van der Waals surface area (Å²) in [5, 5.41) is 2.66. The first-order valence-electron chi connectivity index (χ1n) is 7.23. The number of carbonyl (C=O) groups excluding carboxylic acids is 1. The maximum atomic E-state index is 11.6. The van der Waals surface area contributed by atoms with E-state index in [1.54, 1.807) is 25.3 Å². The fraction of sp³-hybridized carbons (Fsp3) is 0.167. The van der Waals surface area contributed by atoms with Crippen molar-refractivity contribution in [3.8, 4) is 5.75 Å². The van der Waals surface area contributed by atoms with Crippen molar-refractivity contribution >= 4 is 17.9 Å².